The number of nitrogens with zero attached hydrogens (tertiary/aromatic N) is 2. The Labute approximate surface area is 112 Å². The molecule has 0 aliphatic heterocycles. The SMILES string of the molecule is CN=C(NCCc1ccco1)N(C)Cc1ccco1. The molecule has 0 saturated carbocycles. The quantitative estimate of drug-likeness (QED) is 0.661. The third kappa shape index (κ3) is 3.91. The van der Waals surface area contributed by atoms with E-state index in [2.05, 4.69) is 10.3 Å². The van der Waals surface area contributed by atoms with E-state index in [0.29, 0.717) is 6.54 Å². The van der Waals surface area contributed by atoms with E-state index in [1.807, 2.05) is 36.2 Å². The molecule has 5 heteroatoms. The van der Waals surface area contributed by atoms with Gasteiger partial charge in [-0.15, -0.1) is 0 Å². The van der Waals surface area contributed by atoms with Gasteiger partial charge in [0.1, 0.15) is 11.5 Å². The van der Waals surface area contributed by atoms with Gasteiger partial charge in [-0.05, 0) is 24.3 Å². The molecule has 2 aromatic heterocycles. The van der Waals surface area contributed by atoms with Crippen molar-refractivity contribution in [2.45, 2.75) is 13.0 Å². The Hall–Kier alpha value is -2.17. The lowest BCUT2D eigenvalue weighted by Crippen LogP contribution is -2.39. The summed E-state index contributed by atoms with van der Waals surface area (Å²) in [5, 5.41) is 3.29. The summed E-state index contributed by atoms with van der Waals surface area (Å²) in [6.45, 7) is 1.47. The molecule has 0 amide bonds. The molecule has 0 atom stereocenters. The molecule has 19 heavy (non-hydrogen) atoms. The van der Waals surface area contributed by atoms with E-state index in [1.54, 1.807) is 19.6 Å². The maximum atomic E-state index is 5.32. The minimum Gasteiger partial charge on any atom is -0.469 e. The molecular formula is C14H19N3O2. The second-order valence-electron chi connectivity index (χ2n) is 4.24. The van der Waals surface area contributed by atoms with Crippen LogP contribution in [0, 0.1) is 0 Å². The Bertz CT molecular complexity index is 489. The standard InChI is InChI=1S/C14H19N3O2/c1-15-14(16-8-7-12-5-3-9-18-12)17(2)11-13-6-4-10-19-13/h3-6,9-10H,7-8,11H2,1-2H3,(H,15,16). The minimum atomic E-state index is 0.688. The van der Waals surface area contributed by atoms with Crippen LogP contribution >= 0.6 is 0 Å². The number of furan rings is 2. The maximum Gasteiger partial charge on any atom is 0.193 e. The van der Waals surface area contributed by atoms with Crippen molar-refractivity contribution in [1.29, 1.82) is 0 Å². The fraction of sp³-hybridized carbons (Fsp3) is 0.357. The fourth-order valence-electron chi connectivity index (χ4n) is 1.85. The lowest BCUT2D eigenvalue weighted by molar-refractivity contribution is 0.399. The molecule has 0 saturated heterocycles. The van der Waals surface area contributed by atoms with Crippen molar-refractivity contribution in [2.24, 2.45) is 4.99 Å². The highest BCUT2D eigenvalue weighted by Gasteiger charge is 2.07. The van der Waals surface area contributed by atoms with E-state index < -0.39 is 0 Å². The summed E-state index contributed by atoms with van der Waals surface area (Å²) < 4.78 is 10.6. The van der Waals surface area contributed by atoms with Crippen molar-refractivity contribution in [2.75, 3.05) is 20.6 Å². The second kappa shape index (κ2) is 6.68. The predicted molar refractivity (Wildman–Crippen MR) is 73.9 cm³/mol. The molecule has 0 fully saturated rings. The Morgan fingerprint density at radius 1 is 1.21 bits per heavy atom. The van der Waals surface area contributed by atoms with Gasteiger partial charge in [-0.1, -0.05) is 0 Å². The zero-order valence-corrected chi connectivity index (χ0v) is 11.3. The molecule has 0 bridgehead atoms. The molecule has 1 N–H and O–H groups in total. The second-order valence-corrected chi connectivity index (χ2v) is 4.24. The topological polar surface area (TPSA) is 53.9 Å². The van der Waals surface area contributed by atoms with Crippen LogP contribution < -0.4 is 5.32 Å². The van der Waals surface area contributed by atoms with Gasteiger partial charge in [0.2, 0.25) is 0 Å². The van der Waals surface area contributed by atoms with Gasteiger partial charge < -0.3 is 19.1 Å². The van der Waals surface area contributed by atoms with Crippen LogP contribution in [0.25, 0.3) is 0 Å². The molecule has 2 aromatic rings. The maximum absolute atomic E-state index is 5.32. The average Bonchev–Trinajstić information content (AvgIpc) is 3.07. The van der Waals surface area contributed by atoms with Crippen LogP contribution in [0.15, 0.2) is 50.6 Å². The smallest absolute Gasteiger partial charge is 0.193 e. The third-order valence-electron chi connectivity index (χ3n) is 2.78. The molecule has 2 rings (SSSR count). The van der Waals surface area contributed by atoms with E-state index in [0.717, 1.165) is 30.4 Å². The summed E-state index contributed by atoms with van der Waals surface area (Å²) in [5.41, 5.74) is 0. The minimum absolute atomic E-state index is 0.688. The van der Waals surface area contributed by atoms with Crippen molar-refractivity contribution in [3.63, 3.8) is 0 Å². The molecule has 2 heterocycles. The van der Waals surface area contributed by atoms with Crippen LogP contribution in [0.3, 0.4) is 0 Å². The highest BCUT2D eigenvalue weighted by atomic mass is 16.3. The summed E-state index contributed by atoms with van der Waals surface area (Å²) >= 11 is 0. The summed E-state index contributed by atoms with van der Waals surface area (Å²) in [4.78, 5) is 6.26. The Morgan fingerprint density at radius 3 is 2.47 bits per heavy atom. The molecule has 5 nitrogen and oxygen atoms in total. The first-order valence-electron chi connectivity index (χ1n) is 6.26. The first kappa shape index (κ1) is 13.3. The predicted octanol–water partition coefficient (Wildman–Crippen LogP) is 2.12. The third-order valence-corrected chi connectivity index (χ3v) is 2.78. The first-order valence-corrected chi connectivity index (χ1v) is 6.26. The summed E-state index contributed by atoms with van der Waals surface area (Å²) in [7, 11) is 3.75. The van der Waals surface area contributed by atoms with Crippen LogP contribution in [0.2, 0.25) is 0 Å². The summed E-state index contributed by atoms with van der Waals surface area (Å²) in [5.74, 6) is 2.72. The Kier molecular flexibility index (Phi) is 4.66. The van der Waals surface area contributed by atoms with Gasteiger partial charge >= 0.3 is 0 Å². The van der Waals surface area contributed by atoms with Crippen molar-refractivity contribution in [1.82, 2.24) is 10.2 Å². The molecule has 0 radical (unpaired) electrons. The monoisotopic (exact) mass is 261 g/mol. The van der Waals surface area contributed by atoms with Crippen LogP contribution in [-0.4, -0.2) is 31.5 Å². The largest absolute Gasteiger partial charge is 0.469 e. The van der Waals surface area contributed by atoms with Crippen molar-refractivity contribution >= 4 is 5.96 Å². The van der Waals surface area contributed by atoms with Crippen LogP contribution in [0.5, 0.6) is 0 Å². The molecule has 0 aromatic carbocycles. The number of rotatable bonds is 5. The molecule has 0 aliphatic rings. The lowest BCUT2D eigenvalue weighted by atomic mass is 10.3. The summed E-state index contributed by atoms with van der Waals surface area (Å²) in [6.07, 6.45) is 4.20. The number of aliphatic imine (C=N–C) groups is 1. The van der Waals surface area contributed by atoms with Gasteiger partial charge in [-0.2, -0.15) is 0 Å². The number of nitrogens with one attached hydrogen (secondary N) is 1. The molecule has 0 unspecified atom stereocenters. The molecular weight excluding hydrogens is 242 g/mol. The zero-order valence-electron chi connectivity index (χ0n) is 11.3. The van der Waals surface area contributed by atoms with E-state index in [9.17, 15) is 0 Å². The first-order chi connectivity index (χ1) is 9.29. The van der Waals surface area contributed by atoms with Gasteiger partial charge in [0, 0.05) is 27.1 Å². The van der Waals surface area contributed by atoms with Crippen LogP contribution in [0.1, 0.15) is 11.5 Å². The van der Waals surface area contributed by atoms with Crippen molar-refractivity contribution in [3.05, 3.63) is 48.3 Å². The van der Waals surface area contributed by atoms with Gasteiger partial charge in [-0.3, -0.25) is 4.99 Å². The fourth-order valence-corrected chi connectivity index (χ4v) is 1.85. The highest BCUT2D eigenvalue weighted by molar-refractivity contribution is 5.79. The highest BCUT2D eigenvalue weighted by Crippen LogP contribution is 2.04. The van der Waals surface area contributed by atoms with Gasteiger partial charge in [-0.25, -0.2) is 0 Å². The average molecular weight is 261 g/mol. The van der Waals surface area contributed by atoms with Gasteiger partial charge in [0.15, 0.2) is 5.96 Å². The van der Waals surface area contributed by atoms with Crippen LogP contribution in [0.4, 0.5) is 0 Å². The molecule has 0 spiro atoms. The van der Waals surface area contributed by atoms with Gasteiger partial charge in [0.05, 0.1) is 19.1 Å². The molecule has 0 aliphatic carbocycles. The van der Waals surface area contributed by atoms with Crippen LogP contribution in [-0.2, 0) is 13.0 Å². The van der Waals surface area contributed by atoms with Gasteiger partial charge in [0.25, 0.3) is 0 Å². The number of hydrogen-bond donors (Lipinski definition) is 1. The normalized spacial score (nSPS) is 11.6. The molecule has 102 valence electrons. The Morgan fingerprint density at radius 2 is 1.89 bits per heavy atom. The summed E-state index contributed by atoms with van der Waals surface area (Å²) in [6, 6.07) is 7.70. The number of hydrogen-bond acceptors (Lipinski definition) is 3. The lowest BCUT2D eigenvalue weighted by Gasteiger charge is -2.20. The number of guanidine groups is 1. The van der Waals surface area contributed by atoms with E-state index in [1.165, 1.54) is 0 Å². The van der Waals surface area contributed by atoms with E-state index in [-0.39, 0.29) is 0 Å². The van der Waals surface area contributed by atoms with E-state index >= 15 is 0 Å². The van der Waals surface area contributed by atoms with Crippen molar-refractivity contribution in [3.8, 4) is 0 Å². The van der Waals surface area contributed by atoms with E-state index in [4.69, 9.17) is 8.83 Å². The zero-order chi connectivity index (χ0) is 13.5. The van der Waals surface area contributed by atoms with Crippen molar-refractivity contribution < 1.29 is 8.83 Å². The Balaban J connectivity index is 1.79.